The SMILES string of the molecule is CCN1CCN(Cc2cc(N)ccc2C)CC1C=O. The highest BCUT2D eigenvalue weighted by atomic mass is 16.1. The number of hydrogen-bond acceptors (Lipinski definition) is 4. The summed E-state index contributed by atoms with van der Waals surface area (Å²) < 4.78 is 0. The molecule has 0 amide bonds. The van der Waals surface area contributed by atoms with Crippen molar-refractivity contribution < 1.29 is 4.79 Å². The van der Waals surface area contributed by atoms with E-state index in [0.29, 0.717) is 0 Å². The van der Waals surface area contributed by atoms with Gasteiger partial charge >= 0.3 is 0 Å². The molecule has 1 fully saturated rings. The number of aldehydes is 1. The van der Waals surface area contributed by atoms with Crippen LogP contribution in [0.3, 0.4) is 0 Å². The van der Waals surface area contributed by atoms with Crippen LogP contribution in [0.1, 0.15) is 18.1 Å². The minimum Gasteiger partial charge on any atom is -0.399 e. The zero-order valence-corrected chi connectivity index (χ0v) is 11.8. The van der Waals surface area contributed by atoms with Crippen molar-refractivity contribution in [3.63, 3.8) is 0 Å². The molecule has 0 bridgehead atoms. The molecule has 2 rings (SSSR count). The molecule has 0 aliphatic carbocycles. The van der Waals surface area contributed by atoms with E-state index in [2.05, 4.69) is 29.7 Å². The molecule has 1 aliphatic heterocycles. The molecule has 0 aromatic heterocycles. The summed E-state index contributed by atoms with van der Waals surface area (Å²) in [6.07, 6.45) is 1.07. The van der Waals surface area contributed by atoms with Gasteiger partial charge in [-0.15, -0.1) is 0 Å². The number of anilines is 1. The molecule has 1 aliphatic rings. The first-order chi connectivity index (χ1) is 9.13. The van der Waals surface area contributed by atoms with Gasteiger partial charge in [0.05, 0.1) is 6.04 Å². The van der Waals surface area contributed by atoms with Crippen molar-refractivity contribution >= 4 is 12.0 Å². The molecule has 1 aromatic carbocycles. The Hall–Kier alpha value is -1.39. The summed E-state index contributed by atoms with van der Waals surface area (Å²) >= 11 is 0. The summed E-state index contributed by atoms with van der Waals surface area (Å²) in [4.78, 5) is 15.7. The molecule has 2 N–H and O–H groups in total. The Morgan fingerprint density at radius 3 is 2.89 bits per heavy atom. The molecule has 1 heterocycles. The van der Waals surface area contributed by atoms with Gasteiger partial charge in [0.1, 0.15) is 6.29 Å². The van der Waals surface area contributed by atoms with Gasteiger partial charge in [0.2, 0.25) is 0 Å². The van der Waals surface area contributed by atoms with Crippen molar-refractivity contribution in [2.24, 2.45) is 0 Å². The fourth-order valence-electron chi connectivity index (χ4n) is 2.67. The van der Waals surface area contributed by atoms with E-state index in [4.69, 9.17) is 5.73 Å². The number of hydrogen-bond donors (Lipinski definition) is 1. The van der Waals surface area contributed by atoms with Gasteiger partial charge in [0, 0.05) is 31.9 Å². The van der Waals surface area contributed by atoms with Crippen LogP contribution in [0.25, 0.3) is 0 Å². The first-order valence-corrected chi connectivity index (χ1v) is 6.90. The van der Waals surface area contributed by atoms with Crippen LogP contribution >= 0.6 is 0 Å². The summed E-state index contributed by atoms with van der Waals surface area (Å²) in [6, 6.07) is 6.06. The lowest BCUT2D eigenvalue weighted by Gasteiger charge is -2.38. The minimum atomic E-state index is 0.0279. The highest BCUT2D eigenvalue weighted by Crippen LogP contribution is 2.17. The normalized spacial score (nSPS) is 21.5. The van der Waals surface area contributed by atoms with Crippen LogP contribution in [0.4, 0.5) is 5.69 Å². The van der Waals surface area contributed by atoms with Crippen molar-refractivity contribution in [3.05, 3.63) is 29.3 Å². The molecule has 4 heteroatoms. The Kier molecular flexibility index (Phi) is 4.56. The average Bonchev–Trinajstić information content (AvgIpc) is 2.42. The lowest BCUT2D eigenvalue weighted by Crippen LogP contribution is -2.53. The van der Waals surface area contributed by atoms with Gasteiger partial charge in [-0.1, -0.05) is 13.0 Å². The number of aryl methyl sites for hydroxylation is 1. The molecule has 4 nitrogen and oxygen atoms in total. The number of carbonyl (C=O) groups excluding carboxylic acids is 1. The molecular formula is C15H23N3O. The number of nitrogen functional groups attached to an aromatic ring is 1. The molecule has 0 saturated carbocycles. The summed E-state index contributed by atoms with van der Waals surface area (Å²) in [7, 11) is 0. The van der Waals surface area contributed by atoms with E-state index in [1.165, 1.54) is 11.1 Å². The molecule has 1 unspecified atom stereocenters. The topological polar surface area (TPSA) is 49.6 Å². The second-order valence-corrected chi connectivity index (χ2v) is 5.25. The van der Waals surface area contributed by atoms with Crippen LogP contribution in [0, 0.1) is 6.92 Å². The van der Waals surface area contributed by atoms with E-state index in [-0.39, 0.29) is 6.04 Å². The third-order valence-corrected chi connectivity index (χ3v) is 3.95. The Bertz CT molecular complexity index is 447. The van der Waals surface area contributed by atoms with Crippen LogP contribution in [0.5, 0.6) is 0 Å². The zero-order valence-electron chi connectivity index (χ0n) is 11.8. The average molecular weight is 261 g/mol. The number of nitrogens with two attached hydrogens (primary N) is 1. The molecule has 19 heavy (non-hydrogen) atoms. The van der Waals surface area contributed by atoms with E-state index in [1.807, 2.05) is 12.1 Å². The van der Waals surface area contributed by atoms with E-state index in [9.17, 15) is 4.79 Å². The molecule has 1 atom stereocenters. The van der Waals surface area contributed by atoms with Gasteiger partial charge in [-0.3, -0.25) is 9.80 Å². The van der Waals surface area contributed by atoms with Crippen LogP contribution in [0.15, 0.2) is 18.2 Å². The van der Waals surface area contributed by atoms with Crippen LogP contribution in [0.2, 0.25) is 0 Å². The molecule has 0 radical (unpaired) electrons. The summed E-state index contributed by atoms with van der Waals surface area (Å²) in [5, 5.41) is 0. The lowest BCUT2D eigenvalue weighted by atomic mass is 10.1. The number of benzene rings is 1. The standard InChI is InChI=1S/C15H23N3O/c1-3-18-7-6-17(10-15(18)11-19)9-13-8-14(16)5-4-12(13)2/h4-5,8,11,15H,3,6-7,9-10,16H2,1-2H3. The zero-order chi connectivity index (χ0) is 13.8. The van der Waals surface area contributed by atoms with Gasteiger partial charge in [0.15, 0.2) is 0 Å². The summed E-state index contributed by atoms with van der Waals surface area (Å²) in [6.45, 7) is 8.80. The quantitative estimate of drug-likeness (QED) is 0.655. The van der Waals surface area contributed by atoms with Gasteiger partial charge in [0.25, 0.3) is 0 Å². The van der Waals surface area contributed by atoms with Gasteiger partial charge < -0.3 is 10.5 Å². The maximum Gasteiger partial charge on any atom is 0.138 e. The third kappa shape index (κ3) is 3.33. The first kappa shape index (κ1) is 14.0. The first-order valence-electron chi connectivity index (χ1n) is 6.90. The minimum absolute atomic E-state index is 0.0279. The summed E-state index contributed by atoms with van der Waals surface area (Å²) in [5.74, 6) is 0. The van der Waals surface area contributed by atoms with E-state index < -0.39 is 0 Å². The highest BCUT2D eigenvalue weighted by Gasteiger charge is 2.25. The predicted molar refractivity (Wildman–Crippen MR) is 78.0 cm³/mol. The number of nitrogens with zero attached hydrogens (tertiary/aromatic N) is 2. The maximum absolute atomic E-state index is 11.2. The maximum atomic E-state index is 11.2. The number of piperazine rings is 1. The second kappa shape index (κ2) is 6.17. The van der Waals surface area contributed by atoms with E-state index >= 15 is 0 Å². The Morgan fingerprint density at radius 1 is 1.42 bits per heavy atom. The van der Waals surface area contributed by atoms with E-state index in [1.54, 1.807) is 0 Å². The monoisotopic (exact) mass is 261 g/mol. The van der Waals surface area contributed by atoms with Crippen LogP contribution < -0.4 is 5.73 Å². The van der Waals surface area contributed by atoms with Crippen LogP contribution in [-0.2, 0) is 11.3 Å². The van der Waals surface area contributed by atoms with E-state index in [0.717, 1.165) is 44.7 Å². The van der Waals surface area contributed by atoms with Crippen molar-refractivity contribution in [1.82, 2.24) is 9.80 Å². The number of rotatable bonds is 4. The largest absolute Gasteiger partial charge is 0.399 e. The molecular weight excluding hydrogens is 238 g/mol. The van der Waals surface area contributed by atoms with Gasteiger partial charge in [-0.2, -0.15) is 0 Å². The van der Waals surface area contributed by atoms with Crippen molar-refractivity contribution in [3.8, 4) is 0 Å². The van der Waals surface area contributed by atoms with Crippen LogP contribution in [-0.4, -0.2) is 48.3 Å². The smallest absolute Gasteiger partial charge is 0.138 e. The predicted octanol–water partition coefficient (Wildman–Crippen LogP) is 1.28. The Balaban J connectivity index is 2.04. The van der Waals surface area contributed by atoms with Gasteiger partial charge in [-0.25, -0.2) is 0 Å². The molecule has 1 aromatic rings. The Morgan fingerprint density at radius 2 is 2.21 bits per heavy atom. The molecule has 1 saturated heterocycles. The second-order valence-electron chi connectivity index (χ2n) is 5.25. The van der Waals surface area contributed by atoms with Crippen molar-refractivity contribution in [2.75, 3.05) is 31.9 Å². The summed E-state index contributed by atoms with van der Waals surface area (Å²) in [5.41, 5.74) is 9.17. The lowest BCUT2D eigenvalue weighted by molar-refractivity contribution is -0.114. The van der Waals surface area contributed by atoms with Crippen molar-refractivity contribution in [2.45, 2.75) is 26.4 Å². The third-order valence-electron chi connectivity index (χ3n) is 3.95. The Labute approximate surface area is 115 Å². The molecule has 104 valence electrons. The fraction of sp³-hybridized carbons (Fsp3) is 0.533. The highest BCUT2D eigenvalue weighted by molar-refractivity contribution is 5.58. The van der Waals surface area contributed by atoms with Gasteiger partial charge in [-0.05, 0) is 36.7 Å². The molecule has 0 spiro atoms. The number of carbonyl (C=O) groups is 1. The van der Waals surface area contributed by atoms with Crippen molar-refractivity contribution in [1.29, 1.82) is 0 Å². The number of likely N-dealkylation sites (N-methyl/N-ethyl adjacent to an activating group) is 1. The fourth-order valence-corrected chi connectivity index (χ4v) is 2.67.